The molecule has 1 rings (SSSR count). The molecule has 5 nitrogen and oxygen atoms in total. The molecule has 0 saturated heterocycles. The predicted molar refractivity (Wildman–Crippen MR) is 89.2 cm³/mol. The Hall–Kier alpha value is -2.04. The van der Waals surface area contributed by atoms with Crippen LogP contribution in [0.25, 0.3) is 0 Å². The van der Waals surface area contributed by atoms with Gasteiger partial charge in [-0.3, -0.25) is 4.79 Å². The quantitative estimate of drug-likeness (QED) is 0.781. The standard InChI is InChI=1S/C18H27NO4/c1-18(2,3)23-17(21)19-15(11-8-12-16(20)22-4)13-14-9-6-5-7-10-14/h5-7,9-10,15H,8,11-13H2,1-4H3,(H,19,21)/t15-/m0/s1. The molecule has 23 heavy (non-hydrogen) atoms. The van der Waals surface area contributed by atoms with E-state index in [2.05, 4.69) is 10.1 Å². The Morgan fingerprint density at radius 3 is 2.39 bits per heavy atom. The number of hydrogen-bond acceptors (Lipinski definition) is 4. The number of carbonyl (C=O) groups excluding carboxylic acids is 2. The van der Waals surface area contributed by atoms with Crippen molar-refractivity contribution < 1.29 is 19.1 Å². The van der Waals surface area contributed by atoms with Gasteiger partial charge in [0.15, 0.2) is 0 Å². The highest BCUT2D eigenvalue weighted by Gasteiger charge is 2.20. The number of esters is 1. The maximum absolute atomic E-state index is 12.0. The zero-order valence-corrected chi connectivity index (χ0v) is 14.4. The molecule has 1 aromatic carbocycles. The molecule has 1 amide bonds. The van der Waals surface area contributed by atoms with Crippen LogP contribution in [0.15, 0.2) is 30.3 Å². The lowest BCUT2D eigenvalue weighted by Gasteiger charge is -2.23. The first-order chi connectivity index (χ1) is 10.8. The monoisotopic (exact) mass is 321 g/mol. The van der Waals surface area contributed by atoms with Crippen molar-refractivity contribution in [1.29, 1.82) is 0 Å². The number of carbonyl (C=O) groups is 2. The molecule has 0 aliphatic heterocycles. The van der Waals surface area contributed by atoms with Gasteiger partial charge < -0.3 is 14.8 Å². The maximum Gasteiger partial charge on any atom is 0.407 e. The summed E-state index contributed by atoms with van der Waals surface area (Å²) in [6, 6.07) is 9.84. The Balaban J connectivity index is 2.60. The first-order valence-corrected chi connectivity index (χ1v) is 7.90. The zero-order chi connectivity index (χ0) is 17.3. The van der Waals surface area contributed by atoms with Crippen LogP contribution in [0, 0.1) is 0 Å². The van der Waals surface area contributed by atoms with Crippen LogP contribution in [0.2, 0.25) is 0 Å². The Bertz CT molecular complexity index is 493. The second kappa shape index (κ2) is 9.18. The molecule has 0 unspecified atom stereocenters. The number of rotatable bonds is 7. The van der Waals surface area contributed by atoms with Gasteiger partial charge >= 0.3 is 12.1 Å². The van der Waals surface area contributed by atoms with Crippen molar-refractivity contribution in [2.24, 2.45) is 0 Å². The minimum Gasteiger partial charge on any atom is -0.469 e. The molecule has 0 spiro atoms. The van der Waals surface area contributed by atoms with Gasteiger partial charge in [-0.1, -0.05) is 30.3 Å². The molecule has 0 radical (unpaired) electrons. The lowest BCUT2D eigenvalue weighted by molar-refractivity contribution is -0.140. The highest BCUT2D eigenvalue weighted by molar-refractivity contribution is 5.69. The number of amides is 1. The summed E-state index contributed by atoms with van der Waals surface area (Å²) in [6.45, 7) is 5.49. The Morgan fingerprint density at radius 1 is 1.17 bits per heavy atom. The Labute approximate surface area is 138 Å². The van der Waals surface area contributed by atoms with Crippen molar-refractivity contribution in [2.75, 3.05) is 7.11 Å². The first-order valence-electron chi connectivity index (χ1n) is 7.90. The van der Waals surface area contributed by atoms with E-state index in [1.807, 2.05) is 51.1 Å². The van der Waals surface area contributed by atoms with E-state index in [1.165, 1.54) is 7.11 Å². The summed E-state index contributed by atoms with van der Waals surface area (Å²) >= 11 is 0. The van der Waals surface area contributed by atoms with Crippen LogP contribution in [-0.2, 0) is 20.7 Å². The van der Waals surface area contributed by atoms with Crippen LogP contribution < -0.4 is 5.32 Å². The third kappa shape index (κ3) is 8.86. The summed E-state index contributed by atoms with van der Waals surface area (Å²) in [5.74, 6) is -0.235. The maximum atomic E-state index is 12.0. The van der Waals surface area contributed by atoms with E-state index in [0.29, 0.717) is 25.7 Å². The minimum atomic E-state index is -0.534. The van der Waals surface area contributed by atoms with E-state index < -0.39 is 11.7 Å². The molecule has 1 atom stereocenters. The lowest BCUT2D eigenvalue weighted by atomic mass is 10.0. The molecule has 0 aliphatic rings. The average molecular weight is 321 g/mol. The van der Waals surface area contributed by atoms with E-state index in [4.69, 9.17) is 4.74 Å². The van der Waals surface area contributed by atoms with Gasteiger partial charge in [-0.2, -0.15) is 0 Å². The second-order valence-corrected chi connectivity index (χ2v) is 6.50. The zero-order valence-electron chi connectivity index (χ0n) is 14.4. The number of alkyl carbamates (subject to hydrolysis) is 1. The third-order valence-corrected chi connectivity index (χ3v) is 3.21. The van der Waals surface area contributed by atoms with Crippen molar-refractivity contribution in [3.05, 3.63) is 35.9 Å². The summed E-state index contributed by atoms with van der Waals surface area (Å²) < 4.78 is 9.96. The van der Waals surface area contributed by atoms with Crippen LogP contribution in [0.4, 0.5) is 4.79 Å². The van der Waals surface area contributed by atoms with E-state index >= 15 is 0 Å². The van der Waals surface area contributed by atoms with E-state index in [0.717, 1.165) is 5.56 Å². The van der Waals surface area contributed by atoms with Crippen LogP contribution in [-0.4, -0.2) is 30.8 Å². The smallest absolute Gasteiger partial charge is 0.407 e. The van der Waals surface area contributed by atoms with Gasteiger partial charge in [0.1, 0.15) is 5.60 Å². The number of hydrogen-bond donors (Lipinski definition) is 1. The summed E-state index contributed by atoms with van der Waals surface area (Å²) in [5.41, 5.74) is 0.597. The topological polar surface area (TPSA) is 64.6 Å². The van der Waals surface area contributed by atoms with Crippen molar-refractivity contribution in [2.45, 2.75) is 58.1 Å². The van der Waals surface area contributed by atoms with Crippen molar-refractivity contribution in [3.63, 3.8) is 0 Å². The van der Waals surface area contributed by atoms with Crippen LogP contribution in [0.5, 0.6) is 0 Å². The molecule has 128 valence electrons. The van der Waals surface area contributed by atoms with Gasteiger partial charge in [0.2, 0.25) is 0 Å². The molecule has 0 aromatic heterocycles. The summed E-state index contributed by atoms with van der Waals surface area (Å²) in [4.78, 5) is 23.2. The van der Waals surface area contributed by atoms with Gasteiger partial charge in [0.25, 0.3) is 0 Å². The van der Waals surface area contributed by atoms with Gasteiger partial charge in [0.05, 0.1) is 7.11 Å². The molecule has 0 bridgehead atoms. The van der Waals surface area contributed by atoms with Gasteiger partial charge in [-0.25, -0.2) is 4.79 Å². The number of ether oxygens (including phenoxy) is 2. The number of benzene rings is 1. The van der Waals surface area contributed by atoms with E-state index in [1.54, 1.807) is 0 Å². The van der Waals surface area contributed by atoms with Gasteiger partial charge in [0, 0.05) is 12.5 Å². The summed E-state index contributed by atoms with van der Waals surface area (Å²) in [5, 5.41) is 2.90. The average Bonchev–Trinajstić information content (AvgIpc) is 2.45. The SMILES string of the molecule is COC(=O)CCC[C@@H](Cc1ccccc1)NC(=O)OC(C)(C)C. The van der Waals surface area contributed by atoms with Gasteiger partial charge in [-0.05, 0) is 45.6 Å². The number of methoxy groups -OCH3 is 1. The normalized spacial score (nSPS) is 12.3. The van der Waals surface area contributed by atoms with Gasteiger partial charge in [-0.15, -0.1) is 0 Å². The van der Waals surface area contributed by atoms with Crippen LogP contribution in [0.1, 0.15) is 45.6 Å². The molecule has 0 heterocycles. The second-order valence-electron chi connectivity index (χ2n) is 6.50. The lowest BCUT2D eigenvalue weighted by Crippen LogP contribution is -2.40. The summed E-state index contributed by atoms with van der Waals surface area (Å²) in [7, 11) is 1.38. The highest BCUT2D eigenvalue weighted by atomic mass is 16.6. The predicted octanol–water partition coefficient (Wildman–Crippen LogP) is 3.47. The molecular weight excluding hydrogens is 294 g/mol. The highest BCUT2D eigenvalue weighted by Crippen LogP contribution is 2.12. The fourth-order valence-electron chi connectivity index (χ4n) is 2.19. The fourth-order valence-corrected chi connectivity index (χ4v) is 2.19. The third-order valence-electron chi connectivity index (χ3n) is 3.21. The van der Waals surface area contributed by atoms with Crippen LogP contribution >= 0.6 is 0 Å². The largest absolute Gasteiger partial charge is 0.469 e. The van der Waals surface area contributed by atoms with E-state index in [9.17, 15) is 9.59 Å². The number of nitrogens with one attached hydrogen (secondary N) is 1. The van der Waals surface area contributed by atoms with Crippen molar-refractivity contribution in [1.82, 2.24) is 5.32 Å². The fraction of sp³-hybridized carbons (Fsp3) is 0.556. The molecule has 5 heteroatoms. The molecule has 0 fully saturated rings. The van der Waals surface area contributed by atoms with Crippen molar-refractivity contribution in [3.8, 4) is 0 Å². The molecular formula is C18H27NO4. The molecule has 1 N–H and O–H groups in total. The van der Waals surface area contributed by atoms with Crippen LogP contribution in [0.3, 0.4) is 0 Å². The summed E-state index contributed by atoms with van der Waals surface area (Å²) in [6.07, 6.45) is 1.94. The molecule has 0 saturated carbocycles. The Morgan fingerprint density at radius 2 is 1.83 bits per heavy atom. The molecule has 0 aliphatic carbocycles. The first kappa shape index (κ1) is 19.0. The van der Waals surface area contributed by atoms with E-state index in [-0.39, 0.29) is 12.0 Å². The molecule has 1 aromatic rings. The van der Waals surface area contributed by atoms with Crippen molar-refractivity contribution >= 4 is 12.1 Å². The Kier molecular flexibility index (Phi) is 7.59. The minimum absolute atomic E-state index is 0.0862.